The molecule has 0 N–H and O–H groups in total. The SMILES string of the molecule is C1=Cc2sc3c(ccc4c3c3ccccc3n4-c3cccc(-c4cccc5c4oc4ccccc45)c3)c2CC1. The Balaban J connectivity index is 1.32. The second-order valence-electron chi connectivity index (χ2n) is 10.4. The van der Waals surface area contributed by atoms with E-state index in [1.807, 2.05) is 23.5 Å². The maximum absolute atomic E-state index is 6.39. The van der Waals surface area contributed by atoms with Crippen molar-refractivity contribution >= 4 is 71.2 Å². The molecule has 1 aliphatic rings. The summed E-state index contributed by atoms with van der Waals surface area (Å²) in [6.07, 6.45) is 6.89. The molecule has 0 fully saturated rings. The fourth-order valence-electron chi connectivity index (χ4n) is 6.55. The van der Waals surface area contributed by atoms with Crippen molar-refractivity contribution < 1.29 is 4.42 Å². The third-order valence-corrected chi connectivity index (χ3v) is 9.51. The van der Waals surface area contributed by atoms with E-state index in [1.54, 1.807) is 0 Å². The molecule has 184 valence electrons. The Morgan fingerprint density at radius 1 is 0.692 bits per heavy atom. The third kappa shape index (κ3) is 2.96. The van der Waals surface area contributed by atoms with Gasteiger partial charge in [-0.05, 0) is 65.8 Å². The highest BCUT2D eigenvalue weighted by Gasteiger charge is 2.20. The standard InChI is InChI=1S/C36H23NOS/c1-4-16-30-29(13-1)34-31(20-19-28-26-12-3-6-18-33(26)39-36(28)34)37(30)23-10-7-9-22(21-23)24-14-8-15-27-25-11-2-5-17-32(25)38-35(24)27/h1-2,4-11,13-21H,3,12H2. The minimum Gasteiger partial charge on any atom is -0.455 e. The van der Waals surface area contributed by atoms with Crippen molar-refractivity contribution in [3.8, 4) is 16.8 Å². The maximum atomic E-state index is 6.39. The molecule has 0 aliphatic heterocycles. The van der Waals surface area contributed by atoms with Gasteiger partial charge in [0.05, 0.1) is 11.0 Å². The van der Waals surface area contributed by atoms with Crippen LogP contribution in [0.15, 0.2) is 114 Å². The summed E-state index contributed by atoms with van der Waals surface area (Å²) in [4.78, 5) is 1.42. The van der Waals surface area contributed by atoms with Crippen LogP contribution in [0.25, 0.3) is 76.7 Å². The Hall–Kier alpha value is -4.60. The number of para-hydroxylation sites is 3. The number of hydrogen-bond acceptors (Lipinski definition) is 2. The summed E-state index contributed by atoms with van der Waals surface area (Å²) in [5.74, 6) is 0. The average Bonchev–Trinajstić information content (AvgIpc) is 3.66. The number of fused-ring (bicyclic) bond motifs is 10. The molecule has 0 spiro atoms. The highest BCUT2D eigenvalue weighted by molar-refractivity contribution is 7.21. The van der Waals surface area contributed by atoms with Gasteiger partial charge in [0.25, 0.3) is 0 Å². The molecule has 0 saturated carbocycles. The first kappa shape index (κ1) is 21.3. The molecule has 1 aliphatic carbocycles. The number of hydrogen-bond donors (Lipinski definition) is 0. The summed E-state index contributed by atoms with van der Waals surface area (Å²) in [6, 6.07) is 37.2. The summed E-state index contributed by atoms with van der Waals surface area (Å²) >= 11 is 1.94. The Kier molecular flexibility index (Phi) is 4.35. The molecule has 0 unspecified atom stereocenters. The third-order valence-electron chi connectivity index (χ3n) is 8.28. The molecule has 9 rings (SSSR count). The molecule has 3 aromatic heterocycles. The van der Waals surface area contributed by atoms with Crippen molar-refractivity contribution in [1.82, 2.24) is 4.57 Å². The number of allylic oxidation sites excluding steroid dienone is 1. The van der Waals surface area contributed by atoms with E-state index < -0.39 is 0 Å². The van der Waals surface area contributed by atoms with Crippen molar-refractivity contribution in [3.63, 3.8) is 0 Å². The molecule has 0 radical (unpaired) electrons. The molecular weight excluding hydrogens is 494 g/mol. The minimum atomic E-state index is 0.927. The van der Waals surface area contributed by atoms with E-state index in [0.29, 0.717) is 0 Å². The van der Waals surface area contributed by atoms with Crippen LogP contribution < -0.4 is 0 Å². The zero-order valence-corrected chi connectivity index (χ0v) is 22.0. The van der Waals surface area contributed by atoms with Crippen LogP contribution in [0, 0.1) is 0 Å². The zero-order chi connectivity index (χ0) is 25.5. The van der Waals surface area contributed by atoms with Crippen molar-refractivity contribution in [2.75, 3.05) is 0 Å². The van der Waals surface area contributed by atoms with E-state index in [2.05, 4.69) is 108 Å². The van der Waals surface area contributed by atoms with Gasteiger partial charge in [0.1, 0.15) is 11.2 Å². The number of nitrogens with zero attached hydrogens (tertiary/aromatic N) is 1. The molecule has 5 aromatic carbocycles. The molecule has 0 atom stereocenters. The Morgan fingerprint density at radius 3 is 2.51 bits per heavy atom. The van der Waals surface area contributed by atoms with E-state index in [0.717, 1.165) is 51.6 Å². The zero-order valence-electron chi connectivity index (χ0n) is 21.1. The molecule has 3 heterocycles. The number of rotatable bonds is 2. The summed E-state index contributed by atoms with van der Waals surface area (Å²) in [5, 5.41) is 6.40. The lowest BCUT2D eigenvalue weighted by Gasteiger charge is -2.11. The number of furan rings is 1. The fourth-order valence-corrected chi connectivity index (χ4v) is 7.89. The summed E-state index contributed by atoms with van der Waals surface area (Å²) in [5.41, 5.74) is 9.30. The van der Waals surface area contributed by atoms with Crippen LogP contribution in [0.1, 0.15) is 16.9 Å². The molecule has 0 amide bonds. The van der Waals surface area contributed by atoms with Crippen LogP contribution >= 0.6 is 11.3 Å². The Morgan fingerprint density at radius 2 is 1.54 bits per heavy atom. The first-order valence-electron chi connectivity index (χ1n) is 13.5. The van der Waals surface area contributed by atoms with Gasteiger partial charge in [-0.3, -0.25) is 0 Å². The van der Waals surface area contributed by atoms with Gasteiger partial charge < -0.3 is 8.98 Å². The number of aryl methyl sites for hydroxylation is 1. The van der Waals surface area contributed by atoms with Crippen molar-refractivity contribution in [2.24, 2.45) is 0 Å². The van der Waals surface area contributed by atoms with Crippen LogP contribution in [-0.4, -0.2) is 4.57 Å². The molecule has 39 heavy (non-hydrogen) atoms. The van der Waals surface area contributed by atoms with Crippen LogP contribution in [0.5, 0.6) is 0 Å². The van der Waals surface area contributed by atoms with E-state index in [1.165, 1.54) is 42.3 Å². The topological polar surface area (TPSA) is 18.1 Å². The van der Waals surface area contributed by atoms with E-state index in [9.17, 15) is 0 Å². The predicted octanol–water partition coefficient (Wildman–Crippen LogP) is 10.5. The number of benzene rings is 5. The predicted molar refractivity (Wildman–Crippen MR) is 166 cm³/mol. The van der Waals surface area contributed by atoms with Gasteiger partial charge in [-0.25, -0.2) is 0 Å². The van der Waals surface area contributed by atoms with Crippen LogP contribution in [0.3, 0.4) is 0 Å². The summed E-state index contributed by atoms with van der Waals surface area (Å²) < 4.78 is 10.2. The maximum Gasteiger partial charge on any atom is 0.143 e. The van der Waals surface area contributed by atoms with Gasteiger partial charge in [-0.15, -0.1) is 11.3 Å². The molecule has 8 aromatic rings. The lowest BCUT2D eigenvalue weighted by molar-refractivity contribution is 0.670. The van der Waals surface area contributed by atoms with Gasteiger partial charge in [-0.1, -0.05) is 78.9 Å². The lowest BCUT2D eigenvalue weighted by Crippen LogP contribution is -1.94. The molecule has 0 saturated heterocycles. The van der Waals surface area contributed by atoms with Gasteiger partial charge in [0.2, 0.25) is 0 Å². The second kappa shape index (κ2) is 7.95. The number of aromatic nitrogens is 1. The van der Waals surface area contributed by atoms with Crippen LogP contribution in [0.2, 0.25) is 0 Å². The first-order chi connectivity index (χ1) is 19.3. The monoisotopic (exact) mass is 517 g/mol. The minimum absolute atomic E-state index is 0.927. The van der Waals surface area contributed by atoms with E-state index >= 15 is 0 Å². The van der Waals surface area contributed by atoms with Gasteiger partial charge in [0, 0.05) is 42.4 Å². The van der Waals surface area contributed by atoms with Gasteiger partial charge >= 0.3 is 0 Å². The van der Waals surface area contributed by atoms with Crippen molar-refractivity contribution in [1.29, 1.82) is 0 Å². The highest BCUT2D eigenvalue weighted by Crippen LogP contribution is 2.44. The second-order valence-corrected chi connectivity index (χ2v) is 11.5. The largest absolute Gasteiger partial charge is 0.455 e. The summed E-state index contributed by atoms with van der Waals surface area (Å²) in [7, 11) is 0. The van der Waals surface area contributed by atoms with E-state index in [4.69, 9.17) is 4.42 Å². The number of thiophene rings is 1. The molecular formula is C36H23NOS. The fraction of sp³-hybridized carbons (Fsp3) is 0.0556. The normalized spacial score (nSPS) is 13.3. The van der Waals surface area contributed by atoms with Crippen molar-refractivity contribution in [2.45, 2.75) is 12.8 Å². The average molecular weight is 518 g/mol. The smallest absolute Gasteiger partial charge is 0.143 e. The van der Waals surface area contributed by atoms with Crippen LogP contribution in [-0.2, 0) is 6.42 Å². The Bertz CT molecular complexity index is 2290. The van der Waals surface area contributed by atoms with Gasteiger partial charge in [0.15, 0.2) is 0 Å². The van der Waals surface area contributed by atoms with Crippen LogP contribution in [0.4, 0.5) is 0 Å². The van der Waals surface area contributed by atoms with E-state index in [-0.39, 0.29) is 0 Å². The lowest BCUT2D eigenvalue weighted by atomic mass is 10.00. The molecule has 0 bridgehead atoms. The quantitative estimate of drug-likeness (QED) is 0.223. The molecule has 3 heteroatoms. The summed E-state index contributed by atoms with van der Waals surface area (Å²) in [6.45, 7) is 0. The van der Waals surface area contributed by atoms with Gasteiger partial charge in [-0.2, -0.15) is 0 Å². The molecule has 2 nitrogen and oxygen atoms in total. The Labute approximate surface area is 229 Å². The first-order valence-corrected chi connectivity index (χ1v) is 14.3. The van der Waals surface area contributed by atoms with Crippen molar-refractivity contribution in [3.05, 3.63) is 120 Å². The highest BCUT2D eigenvalue weighted by atomic mass is 32.1.